The molecule has 0 fully saturated rings. The quantitative estimate of drug-likeness (QED) is 0.681. The number of nitrogens with one attached hydrogen (secondary N) is 1. The lowest BCUT2D eigenvalue weighted by molar-refractivity contribution is -0.143. The zero-order valence-corrected chi connectivity index (χ0v) is 10.6. The van der Waals surface area contributed by atoms with Gasteiger partial charge in [-0.2, -0.15) is 5.10 Å². The topological polar surface area (TPSA) is 88.1 Å². The van der Waals surface area contributed by atoms with Crippen LogP contribution in [-0.4, -0.2) is 48.6 Å². The molecule has 0 radical (unpaired) electrons. The third-order valence-electron chi connectivity index (χ3n) is 2.45. The van der Waals surface area contributed by atoms with E-state index in [0.717, 1.165) is 0 Å². The molecule has 1 N–H and O–H groups in total. The highest BCUT2D eigenvalue weighted by molar-refractivity contribution is 6.39. The van der Waals surface area contributed by atoms with Gasteiger partial charge >= 0.3 is 5.97 Å². The van der Waals surface area contributed by atoms with Crippen LogP contribution in [0.15, 0.2) is 5.10 Å². The molecule has 2 amide bonds. The molecule has 1 rings (SSSR count). The van der Waals surface area contributed by atoms with E-state index in [4.69, 9.17) is 4.74 Å². The molecule has 0 bridgehead atoms. The minimum atomic E-state index is -0.337. The van der Waals surface area contributed by atoms with E-state index in [0.29, 0.717) is 18.7 Å². The van der Waals surface area contributed by atoms with Gasteiger partial charge in [0.1, 0.15) is 5.71 Å². The molecule has 0 saturated heterocycles. The van der Waals surface area contributed by atoms with Crippen molar-refractivity contribution in [3.8, 4) is 0 Å². The van der Waals surface area contributed by atoms with Crippen molar-refractivity contribution in [2.75, 3.05) is 20.2 Å². The lowest BCUT2D eigenvalue weighted by Gasteiger charge is -2.19. The number of nitrogens with zero attached hydrogens (tertiary/aromatic N) is 2. The summed E-state index contributed by atoms with van der Waals surface area (Å²) in [4.78, 5) is 35.3. The summed E-state index contributed by atoms with van der Waals surface area (Å²) in [6.45, 7) is 2.33. The summed E-state index contributed by atoms with van der Waals surface area (Å²) in [7, 11) is 1.58. The summed E-state index contributed by atoms with van der Waals surface area (Å²) < 4.78 is 4.77. The van der Waals surface area contributed by atoms with Crippen LogP contribution >= 0.6 is 0 Å². The van der Waals surface area contributed by atoms with E-state index >= 15 is 0 Å². The van der Waals surface area contributed by atoms with Crippen LogP contribution in [0, 0.1) is 0 Å². The fraction of sp³-hybridized carbons (Fsp3) is 0.636. The van der Waals surface area contributed by atoms with Crippen molar-refractivity contribution in [2.45, 2.75) is 26.2 Å². The number of carbonyl (C=O) groups excluding carboxylic acids is 3. The lowest BCUT2D eigenvalue weighted by atomic mass is 10.1. The summed E-state index contributed by atoms with van der Waals surface area (Å²) in [5, 5.41) is 3.70. The molecule has 100 valence electrons. The average Bonchev–Trinajstić information content (AvgIpc) is 2.36. The zero-order valence-electron chi connectivity index (χ0n) is 10.6. The van der Waals surface area contributed by atoms with Crippen molar-refractivity contribution in [2.24, 2.45) is 5.10 Å². The first kappa shape index (κ1) is 14.1. The maximum absolute atomic E-state index is 11.9. The van der Waals surface area contributed by atoms with E-state index in [1.807, 2.05) is 0 Å². The molecule has 7 nitrogen and oxygen atoms in total. The maximum Gasteiger partial charge on any atom is 0.307 e. The van der Waals surface area contributed by atoms with E-state index in [2.05, 4.69) is 10.5 Å². The molecule has 1 aliphatic heterocycles. The highest BCUT2D eigenvalue weighted by atomic mass is 16.5. The highest BCUT2D eigenvalue weighted by Crippen LogP contribution is 2.03. The Morgan fingerprint density at radius 3 is 2.72 bits per heavy atom. The number of amides is 2. The van der Waals surface area contributed by atoms with Crippen molar-refractivity contribution in [3.05, 3.63) is 0 Å². The summed E-state index contributed by atoms with van der Waals surface area (Å²) in [6, 6.07) is 0. The third-order valence-corrected chi connectivity index (χ3v) is 2.45. The Balaban J connectivity index is 2.42. The molecular weight excluding hydrogens is 238 g/mol. The molecule has 0 aromatic carbocycles. The zero-order chi connectivity index (χ0) is 13.5. The van der Waals surface area contributed by atoms with E-state index in [1.165, 1.54) is 4.90 Å². The molecule has 0 spiro atoms. The van der Waals surface area contributed by atoms with Gasteiger partial charge in [0.05, 0.1) is 13.0 Å². The molecule has 0 aromatic rings. The summed E-state index contributed by atoms with van der Waals surface area (Å²) >= 11 is 0. The van der Waals surface area contributed by atoms with Crippen molar-refractivity contribution in [3.63, 3.8) is 0 Å². The second-order valence-corrected chi connectivity index (χ2v) is 3.88. The molecule has 0 aliphatic carbocycles. The van der Waals surface area contributed by atoms with Crippen molar-refractivity contribution >= 4 is 23.5 Å². The first-order chi connectivity index (χ1) is 8.54. The van der Waals surface area contributed by atoms with Gasteiger partial charge in [-0.1, -0.05) is 0 Å². The Bertz CT molecular complexity index is 378. The molecule has 0 aromatic heterocycles. The van der Waals surface area contributed by atoms with E-state index in [1.54, 1.807) is 14.0 Å². The molecule has 18 heavy (non-hydrogen) atoms. The fourth-order valence-corrected chi connectivity index (χ4v) is 1.44. The van der Waals surface area contributed by atoms with Crippen LogP contribution in [0.1, 0.15) is 26.2 Å². The van der Waals surface area contributed by atoms with Gasteiger partial charge in [-0.05, 0) is 6.92 Å². The molecule has 1 heterocycles. The Morgan fingerprint density at radius 1 is 1.44 bits per heavy atom. The fourth-order valence-electron chi connectivity index (χ4n) is 1.44. The summed E-state index contributed by atoms with van der Waals surface area (Å²) in [5.74, 6) is -0.809. The largest absolute Gasteiger partial charge is 0.466 e. The lowest BCUT2D eigenvalue weighted by Crippen LogP contribution is -2.39. The van der Waals surface area contributed by atoms with Gasteiger partial charge in [-0.15, -0.1) is 0 Å². The van der Waals surface area contributed by atoms with Gasteiger partial charge in [0, 0.05) is 26.4 Å². The number of hydrogen-bond acceptors (Lipinski definition) is 5. The normalized spacial score (nSPS) is 14.6. The number of rotatable bonds is 5. The number of hydrogen-bond donors (Lipinski definition) is 1. The molecule has 0 atom stereocenters. The van der Waals surface area contributed by atoms with Crippen LogP contribution in [0.2, 0.25) is 0 Å². The predicted octanol–water partition coefficient (Wildman–Crippen LogP) is -0.336. The van der Waals surface area contributed by atoms with Gasteiger partial charge in [0.15, 0.2) is 0 Å². The van der Waals surface area contributed by atoms with Crippen molar-refractivity contribution in [1.29, 1.82) is 0 Å². The second kappa shape index (κ2) is 6.73. The molecular formula is C11H17N3O4. The number of carbonyl (C=O) groups is 3. The molecule has 1 aliphatic rings. The van der Waals surface area contributed by atoms with Gasteiger partial charge in [-0.3, -0.25) is 14.4 Å². The predicted molar refractivity (Wildman–Crippen MR) is 63.7 cm³/mol. The van der Waals surface area contributed by atoms with Crippen LogP contribution in [0.5, 0.6) is 0 Å². The number of esters is 1. The summed E-state index contributed by atoms with van der Waals surface area (Å²) in [5.41, 5.74) is 2.57. The Labute approximate surface area is 105 Å². The van der Waals surface area contributed by atoms with E-state index < -0.39 is 0 Å². The van der Waals surface area contributed by atoms with Crippen LogP contribution in [0.25, 0.3) is 0 Å². The van der Waals surface area contributed by atoms with Crippen LogP contribution in [0.3, 0.4) is 0 Å². The average molecular weight is 255 g/mol. The second-order valence-electron chi connectivity index (χ2n) is 3.88. The van der Waals surface area contributed by atoms with E-state index in [9.17, 15) is 14.4 Å². The molecule has 0 saturated carbocycles. The van der Waals surface area contributed by atoms with Crippen molar-refractivity contribution in [1.82, 2.24) is 10.3 Å². The minimum Gasteiger partial charge on any atom is -0.466 e. The molecule has 0 unspecified atom stereocenters. The van der Waals surface area contributed by atoms with Gasteiger partial charge in [0.25, 0.3) is 5.91 Å². The minimum absolute atomic E-state index is 0.149. The van der Waals surface area contributed by atoms with Crippen LogP contribution in [0.4, 0.5) is 0 Å². The number of ether oxygens (including phenoxy) is 1. The van der Waals surface area contributed by atoms with Gasteiger partial charge in [-0.25, -0.2) is 5.43 Å². The van der Waals surface area contributed by atoms with Crippen molar-refractivity contribution < 1.29 is 19.1 Å². The van der Waals surface area contributed by atoms with Gasteiger partial charge in [0.2, 0.25) is 5.91 Å². The molecule has 7 heteroatoms. The van der Waals surface area contributed by atoms with Crippen LogP contribution in [-0.2, 0) is 19.1 Å². The SMILES string of the molecule is CCOC(=O)CCN(C)C(=O)C1=NNC(=O)CC1. The van der Waals surface area contributed by atoms with E-state index in [-0.39, 0.29) is 37.2 Å². The standard InChI is InChI=1S/C11H17N3O4/c1-3-18-10(16)6-7-14(2)11(17)8-4-5-9(15)13-12-8/h3-7H2,1-2H3,(H,13,15). The number of hydrazone groups is 1. The Morgan fingerprint density at radius 2 is 2.17 bits per heavy atom. The first-order valence-corrected chi connectivity index (χ1v) is 5.81. The maximum atomic E-state index is 11.9. The first-order valence-electron chi connectivity index (χ1n) is 5.81. The van der Waals surface area contributed by atoms with Gasteiger partial charge < -0.3 is 9.64 Å². The monoisotopic (exact) mass is 255 g/mol. The Kier molecular flexibility index (Phi) is 5.29. The smallest absolute Gasteiger partial charge is 0.307 e. The highest BCUT2D eigenvalue weighted by Gasteiger charge is 2.21. The Hall–Kier alpha value is -1.92. The van der Waals surface area contributed by atoms with Crippen LogP contribution < -0.4 is 5.43 Å². The third kappa shape index (κ3) is 4.15. The summed E-state index contributed by atoms with van der Waals surface area (Å²) in [6.07, 6.45) is 0.737.